The van der Waals surface area contributed by atoms with E-state index in [1.54, 1.807) is 5.57 Å². The molecule has 0 aliphatic heterocycles. The van der Waals surface area contributed by atoms with Crippen LogP contribution in [0.15, 0.2) is 35.9 Å². The van der Waals surface area contributed by atoms with Gasteiger partial charge >= 0.3 is 0 Å². The van der Waals surface area contributed by atoms with E-state index in [1.807, 2.05) is 0 Å². The predicted octanol–water partition coefficient (Wildman–Crippen LogP) is 7.85. The van der Waals surface area contributed by atoms with Crippen LogP contribution in [-0.4, -0.2) is 0 Å². The lowest BCUT2D eigenvalue weighted by molar-refractivity contribution is 0.569. The Morgan fingerprint density at radius 3 is 1.85 bits per heavy atom. The van der Waals surface area contributed by atoms with E-state index >= 15 is 0 Å². The summed E-state index contributed by atoms with van der Waals surface area (Å²) in [5.41, 5.74) is 11.8. The molecule has 0 amide bonds. The zero-order chi connectivity index (χ0) is 20.1. The van der Waals surface area contributed by atoms with Crippen molar-refractivity contribution in [1.29, 1.82) is 0 Å². The van der Waals surface area contributed by atoms with Crippen LogP contribution in [0, 0.1) is 12.8 Å². The number of hydrogen-bond donors (Lipinski definition) is 0. The van der Waals surface area contributed by atoms with E-state index in [4.69, 9.17) is 0 Å². The topological polar surface area (TPSA) is 0 Å². The quantitative estimate of drug-likeness (QED) is 0.511. The zero-order valence-corrected chi connectivity index (χ0v) is 18.7. The summed E-state index contributed by atoms with van der Waals surface area (Å²) >= 11 is 0. The second-order valence-electron chi connectivity index (χ2n) is 10.7. The summed E-state index contributed by atoms with van der Waals surface area (Å²) in [5, 5.41) is 0. The fraction of sp³-hybridized carbons (Fsp3) is 0.481. The van der Waals surface area contributed by atoms with Gasteiger partial charge in [-0.05, 0) is 69.0 Å². The summed E-state index contributed by atoms with van der Waals surface area (Å²) in [6.07, 6.45) is 3.56. The molecule has 0 unspecified atom stereocenters. The third kappa shape index (κ3) is 3.91. The molecule has 0 saturated heterocycles. The number of fused-ring (bicyclic) bond motifs is 1. The Morgan fingerprint density at radius 2 is 1.37 bits per heavy atom. The molecule has 2 aromatic carbocycles. The molecule has 1 aliphatic rings. The van der Waals surface area contributed by atoms with E-state index in [-0.39, 0.29) is 10.8 Å². The Kier molecular flexibility index (Phi) is 4.91. The van der Waals surface area contributed by atoms with Crippen molar-refractivity contribution < 1.29 is 0 Å². The average Bonchev–Trinajstić information content (AvgIpc) is 2.97. The van der Waals surface area contributed by atoms with Crippen LogP contribution < -0.4 is 0 Å². The van der Waals surface area contributed by atoms with Gasteiger partial charge in [0.1, 0.15) is 0 Å². The summed E-state index contributed by atoms with van der Waals surface area (Å²) < 4.78 is 0. The summed E-state index contributed by atoms with van der Waals surface area (Å²) in [5.74, 6) is 0.608. The van der Waals surface area contributed by atoms with Crippen LogP contribution in [0.4, 0.5) is 0 Å². The van der Waals surface area contributed by atoms with Gasteiger partial charge in [0, 0.05) is 0 Å². The van der Waals surface area contributed by atoms with Crippen LogP contribution in [-0.2, 0) is 17.3 Å². The molecular formula is C27H36. The molecule has 0 fully saturated rings. The van der Waals surface area contributed by atoms with E-state index in [2.05, 4.69) is 98.7 Å². The summed E-state index contributed by atoms with van der Waals surface area (Å²) in [6, 6.07) is 11.9. The number of aryl methyl sites for hydroxylation is 1. The van der Waals surface area contributed by atoms with Gasteiger partial charge < -0.3 is 0 Å². The van der Waals surface area contributed by atoms with Crippen LogP contribution >= 0.6 is 0 Å². The summed E-state index contributed by atoms with van der Waals surface area (Å²) in [4.78, 5) is 0. The first-order valence-electron chi connectivity index (χ1n) is 10.4. The first-order chi connectivity index (χ1) is 12.4. The highest BCUT2D eigenvalue weighted by atomic mass is 14.3. The molecule has 1 aliphatic carbocycles. The van der Waals surface area contributed by atoms with Crippen molar-refractivity contribution in [3.05, 3.63) is 63.7 Å². The van der Waals surface area contributed by atoms with Gasteiger partial charge in [-0.15, -0.1) is 0 Å². The zero-order valence-electron chi connectivity index (χ0n) is 18.7. The van der Waals surface area contributed by atoms with Crippen molar-refractivity contribution in [2.75, 3.05) is 0 Å². The lowest BCUT2D eigenvalue weighted by Crippen LogP contribution is -2.16. The van der Waals surface area contributed by atoms with Gasteiger partial charge in [-0.1, -0.05) is 97.4 Å². The van der Waals surface area contributed by atoms with Crippen molar-refractivity contribution in [1.82, 2.24) is 0 Å². The summed E-state index contributed by atoms with van der Waals surface area (Å²) in [6.45, 7) is 20.8. The van der Waals surface area contributed by atoms with Gasteiger partial charge in [0.15, 0.2) is 0 Å². The number of benzene rings is 2. The second-order valence-corrected chi connectivity index (χ2v) is 10.7. The Labute approximate surface area is 166 Å². The largest absolute Gasteiger partial charge is 0.0626 e. The molecule has 0 spiro atoms. The lowest BCUT2D eigenvalue weighted by atomic mass is 9.78. The first kappa shape index (κ1) is 19.9. The first-order valence-corrected chi connectivity index (χ1v) is 10.4. The van der Waals surface area contributed by atoms with E-state index in [9.17, 15) is 0 Å². The Hall–Kier alpha value is -1.82. The predicted molar refractivity (Wildman–Crippen MR) is 121 cm³/mol. The maximum Gasteiger partial charge on any atom is -0.00550 e. The van der Waals surface area contributed by atoms with Crippen molar-refractivity contribution in [3.8, 4) is 11.1 Å². The molecule has 0 heterocycles. The van der Waals surface area contributed by atoms with Crippen LogP contribution in [0.25, 0.3) is 17.2 Å². The minimum Gasteiger partial charge on any atom is -0.0626 e. The number of allylic oxidation sites excluding steroid dienone is 1. The minimum atomic E-state index is 0.140. The van der Waals surface area contributed by atoms with Gasteiger partial charge in [0.2, 0.25) is 0 Å². The van der Waals surface area contributed by atoms with Crippen molar-refractivity contribution >= 4 is 6.08 Å². The van der Waals surface area contributed by atoms with Crippen LogP contribution in [0.1, 0.15) is 83.2 Å². The van der Waals surface area contributed by atoms with Gasteiger partial charge in [0.05, 0.1) is 0 Å². The standard InChI is InChI=1S/C27H36/c1-17(2)20-12-19-11-10-18(3)25(24(19)15-20)21-13-22(26(4,5)6)16-23(14-21)27(7,8)9/h10-11,13-17H,12H2,1-9H3. The molecular weight excluding hydrogens is 324 g/mol. The lowest BCUT2D eigenvalue weighted by Gasteiger charge is -2.27. The Morgan fingerprint density at radius 1 is 0.815 bits per heavy atom. The molecule has 0 bridgehead atoms. The minimum absolute atomic E-state index is 0.140. The molecule has 2 aromatic rings. The Bertz CT molecular complexity index is 861. The molecule has 3 rings (SSSR count). The molecule has 0 radical (unpaired) electrons. The SMILES string of the molecule is Cc1ccc2c(c1-c1cc(C(C)(C)C)cc(C(C)(C)C)c1)C=C(C(C)C)C2. The van der Waals surface area contributed by atoms with Gasteiger partial charge in [-0.25, -0.2) is 0 Å². The molecule has 0 N–H and O–H groups in total. The van der Waals surface area contributed by atoms with Crippen molar-refractivity contribution in [2.24, 2.45) is 5.92 Å². The molecule has 0 atom stereocenters. The van der Waals surface area contributed by atoms with Gasteiger partial charge in [-0.3, -0.25) is 0 Å². The van der Waals surface area contributed by atoms with E-state index < -0.39 is 0 Å². The molecule has 0 aromatic heterocycles. The van der Waals surface area contributed by atoms with E-state index in [1.165, 1.54) is 38.9 Å². The van der Waals surface area contributed by atoms with Crippen LogP contribution in [0.5, 0.6) is 0 Å². The number of hydrogen-bond acceptors (Lipinski definition) is 0. The van der Waals surface area contributed by atoms with Gasteiger partial charge in [0.25, 0.3) is 0 Å². The average molecular weight is 361 g/mol. The molecule has 0 saturated carbocycles. The highest BCUT2D eigenvalue weighted by Crippen LogP contribution is 2.41. The highest BCUT2D eigenvalue weighted by molar-refractivity contribution is 5.83. The maximum absolute atomic E-state index is 2.46. The maximum atomic E-state index is 2.46. The third-order valence-electron chi connectivity index (χ3n) is 5.96. The molecule has 0 nitrogen and oxygen atoms in total. The fourth-order valence-corrected chi connectivity index (χ4v) is 3.94. The van der Waals surface area contributed by atoms with Crippen molar-refractivity contribution in [3.63, 3.8) is 0 Å². The van der Waals surface area contributed by atoms with E-state index in [0.717, 1.165) is 6.42 Å². The highest BCUT2D eigenvalue weighted by Gasteiger charge is 2.24. The van der Waals surface area contributed by atoms with E-state index in [0.29, 0.717) is 5.92 Å². The monoisotopic (exact) mass is 360 g/mol. The number of rotatable bonds is 2. The van der Waals surface area contributed by atoms with Crippen LogP contribution in [0.2, 0.25) is 0 Å². The second kappa shape index (κ2) is 6.66. The normalized spacial score (nSPS) is 14.5. The van der Waals surface area contributed by atoms with Gasteiger partial charge in [-0.2, -0.15) is 0 Å². The Balaban J connectivity index is 2.28. The summed E-state index contributed by atoms with van der Waals surface area (Å²) in [7, 11) is 0. The molecule has 0 heteroatoms. The smallest absolute Gasteiger partial charge is 0.00550 e. The third-order valence-corrected chi connectivity index (χ3v) is 5.96. The van der Waals surface area contributed by atoms with Crippen LogP contribution in [0.3, 0.4) is 0 Å². The molecule has 27 heavy (non-hydrogen) atoms. The molecule has 144 valence electrons. The van der Waals surface area contributed by atoms with Crippen molar-refractivity contribution in [2.45, 2.75) is 79.6 Å². The fourth-order valence-electron chi connectivity index (χ4n) is 3.94.